The summed E-state index contributed by atoms with van der Waals surface area (Å²) >= 11 is 0. The number of hydrogen-bond donors (Lipinski definition) is 2. The van der Waals surface area contributed by atoms with Crippen LogP contribution in [0.1, 0.15) is 26.2 Å². The van der Waals surface area contributed by atoms with E-state index in [1.165, 1.54) is 0 Å². The van der Waals surface area contributed by atoms with Crippen LogP contribution in [0.25, 0.3) is 0 Å². The van der Waals surface area contributed by atoms with Crippen LogP contribution in [0, 0.1) is 0 Å². The highest BCUT2D eigenvalue weighted by atomic mass is 16.5. The van der Waals surface area contributed by atoms with E-state index in [0.717, 1.165) is 25.9 Å². The molecule has 20 heavy (non-hydrogen) atoms. The number of nitrogens with one attached hydrogen (secondary N) is 1. The summed E-state index contributed by atoms with van der Waals surface area (Å²) in [7, 11) is 0. The molecule has 2 unspecified atom stereocenters. The number of hydrogen-bond acceptors (Lipinski definition) is 4. The lowest BCUT2D eigenvalue weighted by atomic mass is 10.1. The van der Waals surface area contributed by atoms with Crippen molar-refractivity contribution in [3.05, 3.63) is 24.3 Å². The Morgan fingerprint density at radius 2 is 2.40 bits per heavy atom. The van der Waals surface area contributed by atoms with Crippen molar-refractivity contribution in [3.8, 4) is 0 Å². The number of nitrogen functional groups attached to an aromatic ring is 1. The van der Waals surface area contributed by atoms with E-state index in [1.54, 1.807) is 31.2 Å². The fourth-order valence-electron chi connectivity index (χ4n) is 2.13. The molecule has 2 atom stereocenters. The van der Waals surface area contributed by atoms with E-state index in [-0.39, 0.29) is 12.0 Å². The van der Waals surface area contributed by atoms with Gasteiger partial charge in [0.15, 0.2) is 0 Å². The summed E-state index contributed by atoms with van der Waals surface area (Å²) in [6.45, 7) is 2.99. The van der Waals surface area contributed by atoms with Crippen molar-refractivity contribution < 1.29 is 14.3 Å². The van der Waals surface area contributed by atoms with Crippen LogP contribution in [0.5, 0.6) is 0 Å². The number of rotatable bonds is 5. The topological polar surface area (TPSA) is 73.6 Å². The standard InChI is InChI=1S/C15H22N2O3/c1-11(20-10-14-7-2-3-8-19-14)15(18)17-13-6-4-5-12(16)9-13/h4-6,9,11,14H,2-3,7-8,10,16H2,1H3,(H,17,18). The molecule has 1 heterocycles. The zero-order valence-electron chi connectivity index (χ0n) is 11.8. The molecule has 0 radical (unpaired) electrons. The monoisotopic (exact) mass is 278 g/mol. The Morgan fingerprint density at radius 1 is 1.55 bits per heavy atom. The quantitative estimate of drug-likeness (QED) is 0.810. The van der Waals surface area contributed by atoms with E-state index in [2.05, 4.69) is 5.32 Å². The summed E-state index contributed by atoms with van der Waals surface area (Å²) in [4.78, 5) is 12.0. The van der Waals surface area contributed by atoms with Crippen LogP contribution in [-0.4, -0.2) is 31.3 Å². The maximum absolute atomic E-state index is 12.0. The third-order valence-corrected chi connectivity index (χ3v) is 3.33. The first kappa shape index (κ1) is 14.8. The van der Waals surface area contributed by atoms with Gasteiger partial charge < -0.3 is 20.5 Å². The van der Waals surface area contributed by atoms with Gasteiger partial charge >= 0.3 is 0 Å². The van der Waals surface area contributed by atoms with Crippen molar-refractivity contribution in [2.75, 3.05) is 24.3 Å². The van der Waals surface area contributed by atoms with Crippen molar-refractivity contribution >= 4 is 17.3 Å². The van der Waals surface area contributed by atoms with E-state index in [0.29, 0.717) is 18.0 Å². The Kier molecular flexibility index (Phi) is 5.38. The predicted molar refractivity (Wildman–Crippen MR) is 78.5 cm³/mol. The van der Waals surface area contributed by atoms with Crippen LogP contribution in [0.3, 0.4) is 0 Å². The van der Waals surface area contributed by atoms with Gasteiger partial charge in [-0.15, -0.1) is 0 Å². The van der Waals surface area contributed by atoms with Gasteiger partial charge in [0.2, 0.25) is 0 Å². The van der Waals surface area contributed by atoms with Crippen molar-refractivity contribution in [3.63, 3.8) is 0 Å². The third kappa shape index (κ3) is 4.51. The lowest BCUT2D eigenvalue weighted by Crippen LogP contribution is -2.32. The molecule has 1 aliphatic heterocycles. The number of carbonyl (C=O) groups is 1. The molecule has 2 rings (SSSR count). The Balaban J connectivity index is 1.76. The summed E-state index contributed by atoms with van der Waals surface area (Å²) in [6.07, 6.45) is 2.89. The molecule has 5 nitrogen and oxygen atoms in total. The van der Waals surface area contributed by atoms with E-state index >= 15 is 0 Å². The van der Waals surface area contributed by atoms with Crippen molar-refractivity contribution in [2.45, 2.75) is 38.4 Å². The number of nitrogens with two attached hydrogens (primary N) is 1. The van der Waals surface area contributed by atoms with Crippen LogP contribution in [0.15, 0.2) is 24.3 Å². The van der Waals surface area contributed by atoms with Gasteiger partial charge in [0, 0.05) is 18.0 Å². The predicted octanol–water partition coefficient (Wildman–Crippen LogP) is 2.18. The molecular weight excluding hydrogens is 256 g/mol. The summed E-state index contributed by atoms with van der Waals surface area (Å²) in [6, 6.07) is 7.09. The first-order chi connectivity index (χ1) is 9.65. The van der Waals surface area contributed by atoms with E-state index < -0.39 is 6.10 Å². The molecular formula is C15H22N2O3. The van der Waals surface area contributed by atoms with E-state index in [1.807, 2.05) is 0 Å². The minimum atomic E-state index is -0.512. The number of benzene rings is 1. The van der Waals surface area contributed by atoms with Gasteiger partial charge in [0.1, 0.15) is 6.10 Å². The molecule has 0 spiro atoms. The fourth-order valence-corrected chi connectivity index (χ4v) is 2.13. The van der Waals surface area contributed by atoms with Gasteiger partial charge in [-0.25, -0.2) is 0 Å². The van der Waals surface area contributed by atoms with Crippen molar-refractivity contribution in [1.82, 2.24) is 0 Å². The second kappa shape index (κ2) is 7.26. The molecule has 1 saturated heterocycles. The first-order valence-electron chi connectivity index (χ1n) is 7.05. The molecule has 1 aromatic rings. The summed E-state index contributed by atoms with van der Waals surface area (Å²) in [5, 5.41) is 2.79. The molecule has 0 aliphatic carbocycles. The van der Waals surface area contributed by atoms with Crippen molar-refractivity contribution in [1.29, 1.82) is 0 Å². The molecule has 1 aliphatic rings. The average Bonchev–Trinajstić information content (AvgIpc) is 2.46. The summed E-state index contributed by atoms with van der Waals surface area (Å²) < 4.78 is 11.1. The van der Waals surface area contributed by atoms with Crippen LogP contribution in [-0.2, 0) is 14.3 Å². The Hall–Kier alpha value is -1.59. The van der Waals surface area contributed by atoms with Crippen LogP contribution in [0.2, 0.25) is 0 Å². The SMILES string of the molecule is CC(OCC1CCCCO1)C(=O)Nc1cccc(N)c1. The smallest absolute Gasteiger partial charge is 0.253 e. The first-order valence-corrected chi connectivity index (χ1v) is 7.05. The van der Waals surface area contributed by atoms with Gasteiger partial charge in [-0.3, -0.25) is 4.79 Å². The van der Waals surface area contributed by atoms with E-state index in [9.17, 15) is 4.79 Å². The average molecular weight is 278 g/mol. The maximum atomic E-state index is 12.0. The normalized spacial score (nSPS) is 20.4. The molecule has 1 fully saturated rings. The maximum Gasteiger partial charge on any atom is 0.253 e. The molecule has 0 saturated carbocycles. The third-order valence-electron chi connectivity index (χ3n) is 3.33. The van der Waals surface area contributed by atoms with Crippen LogP contribution < -0.4 is 11.1 Å². The van der Waals surface area contributed by atoms with Gasteiger partial charge in [0.05, 0.1) is 12.7 Å². The van der Waals surface area contributed by atoms with E-state index in [4.69, 9.17) is 15.2 Å². The second-order valence-electron chi connectivity index (χ2n) is 5.08. The molecule has 1 aromatic carbocycles. The number of anilines is 2. The van der Waals surface area contributed by atoms with Gasteiger partial charge in [-0.1, -0.05) is 6.07 Å². The molecule has 0 aromatic heterocycles. The number of amides is 1. The minimum Gasteiger partial charge on any atom is -0.399 e. The highest BCUT2D eigenvalue weighted by Gasteiger charge is 2.18. The minimum absolute atomic E-state index is 0.117. The molecule has 0 bridgehead atoms. The highest BCUT2D eigenvalue weighted by Crippen LogP contribution is 2.15. The largest absolute Gasteiger partial charge is 0.399 e. The number of carbonyl (C=O) groups excluding carboxylic acids is 1. The highest BCUT2D eigenvalue weighted by molar-refractivity contribution is 5.94. The van der Waals surface area contributed by atoms with Gasteiger partial charge in [0.25, 0.3) is 5.91 Å². The Labute approximate surface area is 119 Å². The molecule has 110 valence electrons. The Bertz CT molecular complexity index is 444. The summed E-state index contributed by atoms with van der Waals surface area (Å²) in [5.74, 6) is -0.175. The Morgan fingerprint density at radius 3 is 3.10 bits per heavy atom. The lowest BCUT2D eigenvalue weighted by Gasteiger charge is -2.23. The molecule has 1 amide bonds. The zero-order valence-corrected chi connectivity index (χ0v) is 11.8. The second-order valence-corrected chi connectivity index (χ2v) is 5.08. The molecule has 3 N–H and O–H groups in total. The van der Waals surface area contributed by atoms with Gasteiger partial charge in [-0.05, 0) is 44.4 Å². The van der Waals surface area contributed by atoms with Crippen molar-refractivity contribution in [2.24, 2.45) is 0 Å². The van der Waals surface area contributed by atoms with Gasteiger partial charge in [-0.2, -0.15) is 0 Å². The van der Waals surface area contributed by atoms with Crippen LogP contribution in [0.4, 0.5) is 11.4 Å². The fraction of sp³-hybridized carbons (Fsp3) is 0.533. The van der Waals surface area contributed by atoms with Crippen LogP contribution >= 0.6 is 0 Å². The molecule has 5 heteroatoms. The summed E-state index contributed by atoms with van der Waals surface area (Å²) in [5.41, 5.74) is 6.97. The number of ether oxygens (including phenoxy) is 2. The zero-order chi connectivity index (χ0) is 14.4. The lowest BCUT2D eigenvalue weighted by molar-refractivity contribution is -0.130.